The van der Waals surface area contributed by atoms with Crippen molar-refractivity contribution in [2.45, 2.75) is 5.06 Å². The lowest BCUT2D eigenvalue weighted by atomic mass is 10.7. The SMILES string of the molecule is [CH2]C(N)(O)[SH](=O)=O. The highest BCUT2D eigenvalue weighted by molar-refractivity contribution is 7.73. The summed E-state index contributed by atoms with van der Waals surface area (Å²) in [4.78, 5) is 0. The van der Waals surface area contributed by atoms with E-state index in [2.05, 4.69) is 12.7 Å². The average molecular weight is 124 g/mol. The van der Waals surface area contributed by atoms with Gasteiger partial charge >= 0.3 is 0 Å². The van der Waals surface area contributed by atoms with Crippen molar-refractivity contribution in [1.82, 2.24) is 0 Å². The van der Waals surface area contributed by atoms with Crippen LogP contribution in [0.15, 0.2) is 0 Å². The topological polar surface area (TPSA) is 80.4 Å². The maximum absolute atomic E-state index is 9.62. The molecule has 0 saturated carbocycles. The van der Waals surface area contributed by atoms with Crippen molar-refractivity contribution in [3.8, 4) is 0 Å². The van der Waals surface area contributed by atoms with Crippen LogP contribution in [0.1, 0.15) is 0 Å². The highest BCUT2D eigenvalue weighted by Gasteiger charge is 2.15. The van der Waals surface area contributed by atoms with E-state index in [1.165, 1.54) is 0 Å². The Bertz CT molecular complexity index is 113. The molecule has 1 unspecified atom stereocenters. The Balaban J connectivity index is 4.08. The third-order valence-electron chi connectivity index (χ3n) is 0.316. The van der Waals surface area contributed by atoms with Crippen LogP contribution in [0.2, 0.25) is 0 Å². The number of thiol groups is 1. The summed E-state index contributed by atoms with van der Waals surface area (Å²) in [6.07, 6.45) is 0. The van der Waals surface area contributed by atoms with Gasteiger partial charge in [-0.25, -0.2) is 8.42 Å². The Labute approximate surface area is 42.9 Å². The molecule has 0 amide bonds. The van der Waals surface area contributed by atoms with Crippen molar-refractivity contribution in [3.63, 3.8) is 0 Å². The molecule has 0 spiro atoms. The van der Waals surface area contributed by atoms with E-state index in [0.29, 0.717) is 0 Å². The average Bonchev–Trinajstić information content (AvgIpc) is 1.31. The number of hydrogen-bond donors (Lipinski definition) is 3. The van der Waals surface area contributed by atoms with Crippen LogP contribution in [0.3, 0.4) is 0 Å². The van der Waals surface area contributed by atoms with Crippen molar-refractivity contribution in [1.29, 1.82) is 0 Å². The summed E-state index contributed by atoms with van der Waals surface area (Å²) in [5.74, 6) is 0. The number of aliphatic hydroxyl groups is 1. The minimum atomic E-state index is -3.02. The lowest BCUT2D eigenvalue weighted by molar-refractivity contribution is 0.183. The highest BCUT2D eigenvalue weighted by atomic mass is 32.2. The fourth-order valence-corrected chi connectivity index (χ4v) is 0. The van der Waals surface area contributed by atoms with E-state index in [1.807, 2.05) is 0 Å². The van der Waals surface area contributed by atoms with E-state index in [4.69, 9.17) is 5.11 Å². The van der Waals surface area contributed by atoms with Crippen LogP contribution in [0.25, 0.3) is 0 Å². The van der Waals surface area contributed by atoms with E-state index in [-0.39, 0.29) is 0 Å². The van der Waals surface area contributed by atoms with E-state index in [9.17, 15) is 8.42 Å². The molecule has 43 valence electrons. The predicted octanol–water partition coefficient (Wildman–Crippen LogP) is -1.96. The first-order chi connectivity index (χ1) is 2.94. The van der Waals surface area contributed by atoms with Crippen LogP contribution < -0.4 is 5.73 Å². The van der Waals surface area contributed by atoms with Gasteiger partial charge in [0.1, 0.15) is 0 Å². The van der Waals surface area contributed by atoms with Gasteiger partial charge in [0.15, 0.2) is 10.7 Å². The van der Waals surface area contributed by atoms with Gasteiger partial charge in [-0.2, -0.15) is 0 Å². The molecule has 7 heavy (non-hydrogen) atoms. The van der Waals surface area contributed by atoms with E-state index in [0.717, 1.165) is 0 Å². The molecule has 0 aliphatic rings. The summed E-state index contributed by atoms with van der Waals surface area (Å²) < 4.78 is 19.2. The summed E-state index contributed by atoms with van der Waals surface area (Å²) in [7, 11) is -3.02. The van der Waals surface area contributed by atoms with Crippen LogP contribution >= 0.6 is 0 Å². The van der Waals surface area contributed by atoms with Gasteiger partial charge in [0, 0.05) is 6.92 Å². The van der Waals surface area contributed by atoms with Crippen molar-refractivity contribution in [3.05, 3.63) is 6.92 Å². The lowest BCUT2D eigenvalue weighted by Crippen LogP contribution is -2.37. The first kappa shape index (κ1) is 6.87. The number of nitrogens with two attached hydrogens (primary N) is 1. The lowest BCUT2D eigenvalue weighted by Gasteiger charge is -2.04. The molecule has 0 fully saturated rings. The minimum Gasteiger partial charge on any atom is -0.363 e. The Morgan fingerprint density at radius 1 is 1.71 bits per heavy atom. The molecule has 0 aliphatic heterocycles. The largest absolute Gasteiger partial charge is 0.363 e. The van der Waals surface area contributed by atoms with Crippen molar-refractivity contribution in [2.24, 2.45) is 5.73 Å². The molecular formula is C2H6NO3S. The van der Waals surface area contributed by atoms with Crippen molar-refractivity contribution in [2.75, 3.05) is 0 Å². The molecule has 0 bridgehead atoms. The van der Waals surface area contributed by atoms with Gasteiger partial charge in [-0.1, -0.05) is 0 Å². The third kappa shape index (κ3) is 2.55. The zero-order valence-corrected chi connectivity index (χ0v) is 4.39. The highest BCUT2D eigenvalue weighted by Crippen LogP contribution is 1.87. The Morgan fingerprint density at radius 3 is 1.86 bits per heavy atom. The van der Waals surface area contributed by atoms with Crippen LogP contribution in [-0.4, -0.2) is 18.6 Å². The second-order valence-electron chi connectivity index (χ2n) is 1.14. The normalized spacial score (nSPS) is 19.4. The van der Waals surface area contributed by atoms with Crippen LogP contribution in [0.5, 0.6) is 0 Å². The van der Waals surface area contributed by atoms with Gasteiger partial charge in [0.2, 0.25) is 5.06 Å². The Hall–Kier alpha value is -0.130. The monoisotopic (exact) mass is 124 g/mol. The molecule has 4 nitrogen and oxygen atoms in total. The first-order valence-corrected chi connectivity index (χ1v) is 2.63. The predicted molar refractivity (Wildman–Crippen MR) is 24.8 cm³/mol. The molecule has 1 atom stereocenters. The quantitative estimate of drug-likeness (QED) is 0.280. The Morgan fingerprint density at radius 2 is 1.86 bits per heavy atom. The summed E-state index contributed by atoms with van der Waals surface area (Å²) in [6, 6.07) is 0. The molecule has 0 aromatic rings. The van der Waals surface area contributed by atoms with Crippen LogP contribution in [0.4, 0.5) is 0 Å². The standard InChI is InChI=1S/C2H6NO3S/c1-2(3,4)7(5)6/h4,7H,1,3H2. The minimum absolute atomic E-state index is 2.30. The summed E-state index contributed by atoms with van der Waals surface area (Å²) >= 11 is 0. The molecule has 0 aromatic heterocycles. The maximum atomic E-state index is 9.62. The van der Waals surface area contributed by atoms with Gasteiger partial charge in [-0.15, -0.1) is 0 Å². The van der Waals surface area contributed by atoms with Gasteiger partial charge in [-0.05, 0) is 0 Å². The number of rotatable bonds is 1. The van der Waals surface area contributed by atoms with Crippen molar-refractivity contribution >= 4 is 10.7 Å². The zero-order valence-electron chi connectivity index (χ0n) is 3.50. The van der Waals surface area contributed by atoms with E-state index in [1.54, 1.807) is 0 Å². The van der Waals surface area contributed by atoms with Gasteiger partial charge < -0.3 is 5.11 Å². The van der Waals surface area contributed by atoms with E-state index >= 15 is 0 Å². The van der Waals surface area contributed by atoms with Gasteiger partial charge in [0.25, 0.3) is 0 Å². The van der Waals surface area contributed by atoms with Crippen molar-refractivity contribution < 1.29 is 13.5 Å². The molecule has 3 N–H and O–H groups in total. The maximum Gasteiger partial charge on any atom is 0.215 e. The molecular weight excluding hydrogens is 118 g/mol. The molecule has 1 radical (unpaired) electrons. The molecule has 0 aromatic carbocycles. The second kappa shape index (κ2) is 1.77. The van der Waals surface area contributed by atoms with Crippen LogP contribution in [0, 0.1) is 6.92 Å². The molecule has 0 saturated heterocycles. The molecule has 0 rings (SSSR count). The summed E-state index contributed by atoms with van der Waals surface area (Å²) in [6.45, 7) is 2.71. The second-order valence-corrected chi connectivity index (χ2v) is 2.42. The Kier molecular flexibility index (Phi) is 1.74. The summed E-state index contributed by atoms with van der Waals surface area (Å²) in [5, 5.41) is 5.87. The fraction of sp³-hybridized carbons (Fsp3) is 0.500. The number of hydrogen-bond acceptors (Lipinski definition) is 4. The fourth-order valence-electron chi connectivity index (χ4n) is 0. The van der Waals surface area contributed by atoms with Crippen LogP contribution in [-0.2, 0) is 10.7 Å². The first-order valence-electron chi connectivity index (χ1n) is 1.45. The molecule has 0 heterocycles. The van der Waals surface area contributed by atoms with E-state index < -0.39 is 15.8 Å². The van der Waals surface area contributed by atoms with Gasteiger partial charge in [-0.3, -0.25) is 5.73 Å². The van der Waals surface area contributed by atoms with Gasteiger partial charge in [0.05, 0.1) is 0 Å². The summed E-state index contributed by atoms with van der Waals surface area (Å²) in [5.41, 5.74) is 4.53. The molecule has 5 heteroatoms. The third-order valence-corrected chi connectivity index (χ3v) is 0.948. The smallest absolute Gasteiger partial charge is 0.215 e. The zero-order chi connectivity index (χ0) is 6.08. The molecule has 0 aliphatic carbocycles.